The lowest BCUT2D eigenvalue weighted by molar-refractivity contribution is -0.184. The van der Waals surface area contributed by atoms with E-state index in [-0.39, 0.29) is 34.8 Å². The van der Waals surface area contributed by atoms with Crippen molar-refractivity contribution in [3.05, 3.63) is 11.1 Å². The minimum atomic E-state index is -0.242. The molecule has 4 aliphatic rings. The molecule has 0 amide bonds. The molecule has 4 nitrogen and oxygen atoms in total. The molecular weight excluding hydrogens is 328 g/mol. The van der Waals surface area contributed by atoms with Gasteiger partial charge in [0.2, 0.25) is 0 Å². The summed E-state index contributed by atoms with van der Waals surface area (Å²) in [5.74, 6) is 0.437. The van der Waals surface area contributed by atoms with Gasteiger partial charge in [0.15, 0.2) is 0 Å². The number of rotatable bonds is 1. The summed E-state index contributed by atoms with van der Waals surface area (Å²) in [7, 11) is 0. The Hall–Kier alpha value is -1.32. The molecule has 0 radical (unpaired) electrons. The van der Waals surface area contributed by atoms with E-state index in [0.29, 0.717) is 24.4 Å². The predicted molar refractivity (Wildman–Crippen MR) is 98.2 cm³/mol. The zero-order valence-corrected chi connectivity index (χ0v) is 16.8. The van der Waals surface area contributed by atoms with Gasteiger partial charge in [-0.2, -0.15) is 0 Å². The van der Waals surface area contributed by atoms with E-state index in [1.54, 1.807) is 0 Å². The summed E-state index contributed by atoms with van der Waals surface area (Å²) in [6.07, 6.45) is 6.20. The SMILES string of the molecule is CC(=O)O[C@H]1CC2=C(COC2=O)[C@]2(C)CC[C@H]3C(C)(C)CCC[C@]3(C)[C@@H]12. The Morgan fingerprint density at radius 2 is 1.88 bits per heavy atom. The molecule has 2 saturated carbocycles. The van der Waals surface area contributed by atoms with Gasteiger partial charge in [-0.25, -0.2) is 4.79 Å². The summed E-state index contributed by atoms with van der Waals surface area (Å²) in [5, 5.41) is 0. The predicted octanol–water partition coefficient (Wildman–Crippen LogP) is 4.42. The van der Waals surface area contributed by atoms with Crippen molar-refractivity contribution in [3.63, 3.8) is 0 Å². The first-order chi connectivity index (χ1) is 12.1. The monoisotopic (exact) mass is 360 g/mol. The van der Waals surface area contributed by atoms with Crippen LogP contribution in [0.5, 0.6) is 0 Å². The Balaban J connectivity index is 1.84. The zero-order chi connectivity index (χ0) is 18.9. The maximum Gasteiger partial charge on any atom is 0.334 e. The Bertz CT molecular complexity index is 690. The lowest BCUT2D eigenvalue weighted by Crippen LogP contribution is -2.60. The molecule has 1 heterocycles. The molecule has 4 heteroatoms. The van der Waals surface area contributed by atoms with Gasteiger partial charge in [0.1, 0.15) is 12.7 Å². The Morgan fingerprint density at radius 1 is 1.15 bits per heavy atom. The van der Waals surface area contributed by atoms with E-state index in [9.17, 15) is 9.59 Å². The van der Waals surface area contributed by atoms with Crippen molar-refractivity contribution in [3.8, 4) is 0 Å². The average molecular weight is 360 g/mol. The molecule has 5 atom stereocenters. The number of hydrogen-bond donors (Lipinski definition) is 0. The van der Waals surface area contributed by atoms with Crippen LogP contribution >= 0.6 is 0 Å². The third-order valence-electron chi connectivity index (χ3n) is 8.37. The molecule has 0 aromatic rings. The first kappa shape index (κ1) is 18.1. The number of cyclic esters (lactones) is 1. The first-order valence-electron chi connectivity index (χ1n) is 10.2. The maximum absolute atomic E-state index is 12.3. The van der Waals surface area contributed by atoms with Crippen LogP contribution < -0.4 is 0 Å². The van der Waals surface area contributed by atoms with Crippen molar-refractivity contribution >= 4 is 11.9 Å². The number of ether oxygens (including phenoxy) is 2. The molecule has 0 N–H and O–H groups in total. The van der Waals surface area contributed by atoms with Gasteiger partial charge in [0.05, 0.1) is 0 Å². The van der Waals surface area contributed by atoms with E-state index in [0.717, 1.165) is 12.0 Å². The van der Waals surface area contributed by atoms with Gasteiger partial charge < -0.3 is 9.47 Å². The average Bonchev–Trinajstić information content (AvgIpc) is 2.87. The molecule has 1 aliphatic heterocycles. The van der Waals surface area contributed by atoms with Crippen molar-refractivity contribution in [2.24, 2.45) is 28.1 Å². The van der Waals surface area contributed by atoms with Crippen molar-refractivity contribution in [2.75, 3.05) is 6.61 Å². The van der Waals surface area contributed by atoms with Crippen molar-refractivity contribution < 1.29 is 19.1 Å². The molecule has 2 fully saturated rings. The lowest BCUT2D eigenvalue weighted by atomic mass is 9.40. The van der Waals surface area contributed by atoms with Gasteiger partial charge in [-0.05, 0) is 53.4 Å². The quantitative estimate of drug-likeness (QED) is 0.649. The molecule has 0 saturated heterocycles. The summed E-state index contributed by atoms with van der Waals surface area (Å²) in [5.41, 5.74) is 2.30. The molecule has 0 bridgehead atoms. The van der Waals surface area contributed by atoms with Gasteiger partial charge in [-0.3, -0.25) is 4.79 Å². The van der Waals surface area contributed by atoms with Crippen LogP contribution in [0.1, 0.15) is 73.1 Å². The molecule has 0 aromatic carbocycles. The van der Waals surface area contributed by atoms with Gasteiger partial charge >= 0.3 is 11.9 Å². The van der Waals surface area contributed by atoms with E-state index >= 15 is 0 Å². The highest BCUT2D eigenvalue weighted by molar-refractivity contribution is 5.92. The number of hydrogen-bond acceptors (Lipinski definition) is 4. The van der Waals surface area contributed by atoms with Crippen LogP contribution in [0, 0.1) is 28.1 Å². The van der Waals surface area contributed by atoms with E-state index in [2.05, 4.69) is 27.7 Å². The van der Waals surface area contributed by atoms with E-state index in [1.165, 1.54) is 38.2 Å². The first-order valence-corrected chi connectivity index (χ1v) is 10.2. The third-order valence-corrected chi connectivity index (χ3v) is 8.37. The van der Waals surface area contributed by atoms with E-state index in [4.69, 9.17) is 9.47 Å². The molecular formula is C22H32O4. The van der Waals surface area contributed by atoms with E-state index in [1.807, 2.05) is 0 Å². The van der Waals surface area contributed by atoms with Gasteiger partial charge in [-0.1, -0.05) is 34.1 Å². The molecule has 144 valence electrons. The molecule has 3 aliphatic carbocycles. The largest absolute Gasteiger partial charge is 0.462 e. The molecule has 4 rings (SSSR count). The standard InChI is InChI=1S/C22H32O4/c1-13(23)26-16-11-14-15(12-25-19(14)24)21(4)10-7-17-20(2,3)8-6-9-22(17,5)18(16)21/h16-18H,6-12H2,1-5H3/t16-,17-,18-,21-,22-/m0/s1. The number of carbonyl (C=O) groups is 2. The summed E-state index contributed by atoms with van der Waals surface area (Å²) >= 11 is 0. The fourth-order valence-electron chi connectivity index (χ4n) is 7.55. The lowest BCUT2D eigenvalue weighted by Gasteiger charge is -2.65. The molecule has 26 heavy (non-hydrogen) atoms. The third kappa shape index (κ3) is 2.33. The fraction of sp³-hybridized carbons (Fsp3) is 0.818. The van der Waals surface area contributed by atoms with Crippen LogP contribution in [0.2, 0.25) is 0 Å². The van der Waals surface area contributed by atoms with Gasteiger partial charge in [-0.15, -0.1) is 0 Å². The highest BCUT2D eigenvalue weighted by atomic mass is 16.5. The zero-order valence-electron chi connectivity index (χ0n) is 16.8. The highest BCUT2D eigenvalue weighted by Crippen LogP contribution is 2.69. The minimum absolute atomic E-state index is 0.113. The van der Waals surface area contributed by atoms with Crippen molar-refractivity contribution in [1.82, 2.24) is 0 Å². The second-order valence-electron chi connectivity index (χ2n) is 10.2. The Kier molecular flexibility index (Phi) is 3.88. The summed E-state index contributed by atoms with van der Waals surface area (Å²) in [6.45, 7) is 11.5. The van der Waals surface area contributed by atoms with Gasteiger partial charge in [0, 0.05) is 24.8 Å². The summed E-state index contributed by atoms with van der Waals surface area (Å²) in [4.78, 5) is 24.2. The van der Waals surface area contributed by atoms with Crippen molar-refractivity contribution in [1.29, 1.82) is 0 Å². The van der Waals surface area contributed by atoms with Gasteiger partial charge in [0.25, 0.3) is 0 Å². The minimum Gasteiger partial charge on any atom is -0.462 e. The maximum atomic E-state index is 12.3. The smallest absolute Gasteiger partial charge is 0.334 e. The number of carbonyl (C=O) groups excluding carboxylic acids is 2. The topological polar surface area (TPSA) is 52.6 Å². The normalized spacial score (nSPS) is 43.9. The molecule has 0 unspecified atom stereocenters. The van der Waals surface area contributed by atoms with Crippen LogP contribution in [0.15, 0.2) is 11.1 Å². The molecule has 0 aromatic heterocycles. The summed E-state index contributed by atoms with van der Waals surface area (Å²) < 4.78 is 11.3. The second-order valence-corrected chi connectivity index (χ2v) is 10.2. The number of esters is 2. The van der Waals surface area contributed by atoms with Crippen LogP contribution in [-0.4, -0.2) is 24.6 Å². The Labute approximate surface area is 156 Å². The van der Waals surface area contributed by atoms with Crippen LogP contribution in [0.4, 0.5) is 0 Å². The van der Waals surface area contributed by atoms with Crippen LogP contribution in [0.25, 0.3) is 0 Å². The van der Waals surface area contributed by atoms with Crippen LogP contribution in [0.3, 0.4) is 0 Å². The second kappa shape index (κ2) is 5.59. The van der Waals surface area contributed by atoms with Crippen molar-refractivity contribution in [2.45, 2.75) is 79.2 Å². The van der Waals surface area contributed by atoms with E-state index < -0.39 is 0 Å². The number of fused-ring (bicyclic) bond motifs is 4. The summed E-state index contributed by atoms with van der Waals surface area (Å²) in [6, 6.07) is 0. The van der Waals surface area contributed by atoms with Crippen LogP contribution in [-0.2, 0) is 19.1 Å². The fourth-order valence-corrected chi connectivity index (χ4v) is 7.55. The Morgan fingerprint density at radius 3 is 2.58 bits per heavy atom. The highest BCUT2D eigenvalue weighted by Gasteiger charge is 2.64. The molecule has 0 spiro atoms.